The number of halogens is 1. The molecule has 2 aromatic carbocycles. The highest BCUT2D eigenvalue weighted by molar-refractivity contribution is 6.31. The number of rotatable bonds is 5. The average Bonchev–Trinajstić information content (AvgIpc) is 3.19. The van der Waals surface area contributed by atoms with E-state index in [0.717, 1.165) is 55.5 Å². The highest BCUT2D eigenvalue weighted by atomic mass is 35.5. The lowest BCUT2D eigenvalue weighted by atomic mass is 10.1. The Morgan fingerprint density at radius 3 is 2.69 bits per heavy atom. The Labute approximate surface area is 176 Å². The smallest absolute Gasteiger partial charge is 0.282 e. The maximum Gasteiger partial charge on any atom is 0.282 e. The third kappa shape index (κ3) is 4.50. The van der Waals surface area contributed by atoms with Crippen LogP contribution < -0.4 is 24.6 Å². The van der Waals surface area contributed by atoms with Crippen LogP contribution in [0.25, 0.3) is 0 Å². The summed E-state index contributed by atoms with van der Waals surface area (Å²) < 4.78 is 10.9. The molecule has 2 heterocycles. The van der Waals surface area contributed by atoms with Crippen molar-refractivity contribution in [1.82, 2.24) is 0 Å². The number of amides is 1. The zero-order valence-electron chi connectivity index (χ0n) is 16.9. The summed E-state index contributed by atoms with van der Waals surface area (Å²) in [6.45, 7) is 9.23. The van der Waals surface area contributed by atoms with E-state index in [2.05, 4.69) is 17.4 Å². The van der Waals surface area contributed by atoms with E-state index in [1.165, 1.54) is 15.4 Å². The number of ether oxygens (including phenoxy) is 2. The molecule has 1 fully saturated rings. The summed E-state index contributed by atoms with van der Waals surface area (Å²) in [5.41, 5.74) is 2.96. The number of carbonyl (C=O) groups is 1. The van der Waals surface area contributed by atoms with E-state index in [4.69, 9.17) is 21.1 Å². The van der Waals surface area contributed by atoms with E-state index in [-0.39, 0.29) is 11.9 Å². The molecule has 1 atom stereocenters. The normalized spacial score (nSPS) is 21.6. The van der Waals surface area contributed by atoms with Crippen LogP contribution in [0.4, 0.5) is 5.69 Å². The highest BCUT2D eigenvalue weighted by Crippen LogP contribution is 2.32. The summed E-state index contributed by atoms with van der Waals surface area (Å²) in [5, 5.41) is 3.72. The van der Waals surface area contributed by atoms with Gasteiger partial charge in [-0.3, -0.25) is 4.79 Å². The first-order valence-corrected chi connectivity index (χ1v) is 10.5. The van der Waals surface area contributed by atoms with E-state index in [0.29, 0.717) is 11.8 Å². The summed E-state index contributed by atoms with van der Waals surface area (Å²) in [6.07, 6.45) is 0. The van der Waals surface area contributed by atoms with Gasteiger partial charge < -0.3 is 24.6 Å². The molecule has 1 amide bonds. The maximum atomic E-state index is 12.7. The number of quaternary nitrogens is 2. The average molecular weight is 418 g/mol. The van der Waals surface area contributed by atoms with Crippen LogP contribution >= 0.6 is 11.6 Å². The highest BCUT2D eigenvalue weighted by Gasteiger charge is 2.31. The molecule has 4 rings (SSSR count). The predicted molar refractivity (Wildman–Crippen MR) is 112 cm³/mol. The fourth-order valence-corrected chi connectivity index (χ4v) is 4.22. The van der Waals surface area contributed by atoms with Gasteiger partial charge in [-0.25, -0.2) is 0 Å². The number of hydrogen-bond donors (Lipinski definition) is 3. The van der Waals surface area contributed by atoms with Crippen LogP contribution in [0.15, 0.2) is 36.4 Å². The molecule has 3 N–H and O–H groups in total. The molecule has 2 aliphatic rings. The molecule has 6 nitrogen and oxygen atoms in total. The molecule has 0 unspecified atom stereocenters. The number of benzene rings is 2. The van der Waals surface area contributed by atoms with Crippen LogP contribution in [-0.2, 0) is 11.3 Å². The van der Waals surface area contributed by atoms with E-state index < -0.39 is 0 Å². The SMILES string of the molecule is Cc1c(Cl)cccc1NC(=O)[C@@H](C)[NH+]1CC[NH+](Cc2ccc3c(c2)OCO3)CC1. The molecule has 0 aromatic heterocycles. The Hall–Kier alpha value is -2.28. The minimum atomic E-state index is -0.0968. The molecule has 7 heteroatoms. The standard InChI is InChI=1S/C22H26ClN3O3/c1-15-18(23)4-3-5-19(15)24-22(27)16(2)26-10-8-25(9-11-26)13-17-6-7-20-21(12-17)29-14-28-20/h3-7,12,16H,8-11,13-14H2,1-2H3,(H,24,27)/p+2/t16-/m1/s1. The number of anilines is 1. The Balaban J connectivity index is 1.29. The van der Waals surface area contributed by atoms with Crippen molar-refractivity contribution in [2.24, 2.45) is 0 Å². The van der Waals surface area contributed by atoms with Crippen molar-refractivity contribution in [1.29, 1.82) is 0 Å². The number of fused-ring (bicyclic) bond motifs is 1. The summed E-state index contributed by atoms with van der Waals surface area (Å²) in [6, 6.07) is 11.7. The van der Waals surface area contributed by atoms with Crippen molar-refractivity contribution >= 4 is 23.2 Å². The summed E-state index contributed by atoms with van der Waals surface area (Å²) in [5.74, 6) is 1.71. The summed E-state index contributed by atoms with van der Waals surface area (Å²) >= 11 is 6.17. The number of hydrogen-bond acceptors (Lipinski definition) is 3. The van der Waals surface area contributed by atoms with Gasteiger partial charge in [0, 0.05) is 16.3 Å². The first-order chi connectivity index (χ1) is 14.0. The van der Waals surface area contributed by atoms with Crippen molar-refractivity contribution in [2.45, 2.75) is 26.4 Å². The first kappa shape index (κ1) is 20.0. The maximum absolute atomic E-state index is 12.7. The molecule has 2 aromatic rings. The Bertz CT molecular complexity index is 897. The molecule has 0 bridgehead atoms. The van der Waals surface area contributed by atoms with Gasteiger partial charge in [-0.05, 0) is 49.7 Å². The van der Waals surface area contributed by atoms with Crippen LogP contribution in [0.2, 0.25) is 5.02 Å². The molecule has 2 aliphatic heterocycles. The van der Waals surface area contributed by atoms with Gasteiger partial charge in [0.15, 0.2) is 17.5 Å². The van der Waals surface area contributed by atoms with Gasteiger partial charge in [-0.15, -0.1) is 0 Å². The quantitative estimate of drug-likeness (QED) is 0.671. The van der Waals surface area contributed by atoms with Gasteiger partial charge in [-0.1, -0.05) is 17.7 Å². The van der Waals surface area contributed by atoms with Crippen LogP contribution in [0.5, 0.6) is 11.5 Å². The van der Waals surface area contributed by atoms with Crippen LogP contribution in [0.3, 0.4) is 0 Å². The van der Waals surface area contributed by atoms with Crippen molar-refractivity contribution in [3.8, 4) is 11.5 Å². The third-order valence-electron chi connectivity index (χ3n) is 6.02. The van der Waals surface area contributed by atoms with Crippen molar-refractivity contribution in [3.63, 3.8) is 0 Å². The van der Waals surface area contributed by atoms with E-state index in [1.54, 1.807) is 0 Å². The molecule has 0 radical (unpaired) electrons. The fourth-order valence-electron chi connectivity index (χ4n) is 4.04. The lowest BCUT2D eigenvalue weighted by molar-refractivity contribution is -1.02. The van der Waals surface area contributed by atoms with Gasteiger partial charge in [0.2, 0.25) is 6.79 Å². The fraction of sp³-hybridized carbons (Fsp3) is 0.409. The van der Waals surface area contributed by atoms with Crippen molar-refractivity contribution < 1.29 is 24.1 Å². The predicted octanol–water partition coefficient (Wildman–Crippen LogP) is 0.688. The number of piperazine rings is 1. The second kappa shape index (κ2) is 8.61. The lowest BCUT2D eigenvalue weighted by Gasteiger charge is -2.32. The second-order valence-electron chi connectivity index (χ2n) is 7.90. The first-order valence-electron chi connectivity index (χ1n) is 10.1. The van der Waals surface area contributed by atoms with Crippen LogP contribution in [0.1, 0.15) is 18.1 Å². The molecule has 0 aliphatic carbocycles. The van der Waals surface area contributed by atoms with Crippen molar-refractivity contribution in [3.05, 3.63) is 52.5 Å². The zero-order valence-corrected chi connectivity index (χ0v) is 17.6. The molecule has 154 valence electrons. The van der Waals surface area contributed by atoms with Gasteiger partial charge in [0.05, 0.1) is 0 Å². The molecule has 0 spiro atoms. The van der Waals surface area contributed by atoms with E-state index in [9.17, 15) is 4.79 Å². The zero-order chi connectivity index (χ0) is 20.4. The third-order valence-corrected chi connectivity index (χ3v) is 6.43. The monoisotopic (exact) mass is 417 g/mol. The largest absolute Gasteiger partial charge is 0.454 e. The van der Waals surface area contributed by atoms with Gasteiger partial charge in [-0.2, -0.15) is 0 Å². The second-order valence-corrected chi connectivity index (χ2v) is 8.30. The minimum absolute atomic E-state index is 0.0459. The summed E-state index contributed by atoms with van der Waals surface area (Å²) in [7, 11) is 0. The molecule has 0 saturated carbocycles. The molecule has 1 saturated heterocycles. The van der Waals surface area contributed by atoms with Gasteiger partial charge >= 0.3 is 0 Å². The molecule has 29 heavy (non-hydrogen) atoms. The van der Waals surface area contributed by atoms with E-state index >= 15 is 0 Å². The summed E-state index contributed by atoms with van der Waals surface area (Å²) in [4.78, 5) is 15.6. The number of carbonyl (C=O) groups excluding carboxylic acids is 1. The lowest BCUT2D eigenvalue weighted by Crippen LogP contribution is -3.29. The topological polar surface area (TPSA) is 56.4 Å². The Morgan fingerprint density at radius 2 is 1.90 bits per heavy atom. The molecular formula is C22H28ClN3O3+2. The number of nitrogens with one attached hydrogen (secondary N) is 3. The molecular weight excluding hydrogens is 390 g/mol. The van der Waals surface area contributed by atoms with Crippen LogP contribution in [-0.4, -0.2) is 44.9 Å². The Morgan fingerprint density at radius 1 is 1.14 bits per heavy atom. The Kier molecular flexibility index (Phi) is 5.94. The minimum Gasteiger partial charge on any atom is -0.454 e. The van der Waals surface area contributed by atoms with Crippen molar-refractivity contribution in [2.75, 3.05) is 38.3 Å². The van der Waals surface area contributed by atoms with Gasteiger partial charge in [0.1, 0.15) is 32.7 Å². The van der Waals surface area contributed by atoms with E-state index in [1.807, 2.05) is 38.1 Å². The van der Waals surface area contributed by atoms with Crippen LogP contribution in [0, 0.1) is 6.92 Å². The van der Waals surface area contributed by atoms with Gasteiger partial charge in [0.25, 0.3) is 5.91 Å².